The van der Waals surface area contributed by atoms with Gasteiger partial charge in [0.2, 0.25) is 0 Å². The monoisotopic (exact) mass is 357 g/mol. The highest BCUT2D eigenvalue weighted by atomic mass is 19.4. The largest absolute Gasteiger partial charge is 0.401 e. The Bertz CT molecular complexity index is 640. The van der Waals surface area contributed by atoms with E-state index in [1.165, 1.54) is 4.90 Å². The van der Waals surface area contributed by atoms with Gasteiger partial charge in [0.25, 0.3) is 0 Å². The summed E-state index contributed by atoms with van der Waals surface area (Å²) in [5.41, 5.74) is 6.65. The molecule has 1 aliphatic heterocycles. The maximum atomic E-state index is 12.4. The third-order valence-electron chi connectivity index (χ3n) is 3.69. The summed E-state index contributed by atoms with van der Waals surface area (Å²) >= 11 is 0. The number of H-pyrrole nitrogens is 1. The number of aromatic amines is 1. The molecule has 0 aliphatic carbocycles. The molecular formula is C15H22F3N7. The minimum Gasteiger partial charge on any atom is -0.387 e. The lowest BCUT2D eigenvalue weighted by Crippen LogP contribution is -2.51. The first-order chi connectivity index (χ1) is 11.8. The van der Waals surface area contributed by atoms with Gasteiger partial charge < -0.3 is 10.6 Å². The Balaban J connectivity index is 1.84. The molecule has 2 heterocycles. The van der Waals surface area contributed by atoms with Crippen molar-refractivity contribution in [1.29, 1.82) is 5.41 Å². The van der Waals surface area contributed by atoms with Crippen molar-refractivity contribution in [3.63, 3.8) is 0 Å². The summed E-state index contributed by atoms with van der Waals surface area (Å²) in [6.07, 6.45) is -0.365. The number of allylic oxidation sites excluding steroid dienone is 1. The lowest BCUT2D eigenvalue weighted by molar-refractivity contribution is -0.148. The Morgan fingerprint density at radius 3 is 2.68 bits per heavy atom. The number of aromatic nitrogens is 2. The molecular weight excluding hydrogens is 335 g/mol. The molecule has 0 spiro atoms. The molecule has 1 fully saturated rings. The molecule has 0 saturated carbocycles. The minimum absolute atomic E-state index is 0.130. The highest BCUT2D eigenvalue weighted by molar-refractivity contribution is 6.01. The predicted octanol–water partition coefficient (Wildman–Crippen LogP) is 1.98. The van der Waals surface area contributed by atoms with Crippen LogP contribution in [-0.2, 0) is 0 Å². The Morgan fingerprint density at radius 1 is 1.40 bits per heavy atom. The molecule has 25 heavy (non-hydrogen) atoms. The second kappa shape index (κ2) is 8.15. The van der Waals surface area contributed by atoms with Crippen molar-refractivity contribution in [3.8, 4) is 0 Å². The van der Waals surface area contributed by atoms with Gasteiger partial charge in [0, 0.05) is 32.2 Å². The van der Waals surface area contributed by atoms with Crippen LogP contribution in [0.1, 0.15) is 19.0 Å². The molecule has 1 aliphatic rings. The van der Waals surface area contributed by atoms with Crippen LogP contribution >= 0.6 is 0 Å². The van der Waals surface area contributed by atoms with E-state index in [1.807, 2.05) is 19.1 Å². The number of rotatable bonds is 5. The quantitative estimate of drug-likeness (QED) is 0.554. The number of hydrogen-bond acceptors (Lipinski definition) is 4. The Labute approximate surface area is 143 Å². The van der Waals surface area contributed by atoms with Crippen molar-refractivity contribution in [1.82, 2.24) is 20.0 Å². The molecule has 1 aromatic rings. The Kier molecular flexibility index (Phi) is 6.18. The highest BCUT2D eigenvalue weighted by Gasteiger charge is 2.32. The average molecular weight is 357 g/mol. The number of halogens is 3. The number of nitrogens with two attached hydrogens (primary N) is 1. The van der Waals surface area contributed by atoms with Gasteiger partial charge in [-0.2, -0.15) is 18.3 Å². The lowest BCUT2D eigenvalue weighted by Gasteiger charge is -2.36. The average Bonchev–Trinajstić information content (AvgIpc) is 2.93. The summed E-state index contributed by atoms with van der Waals surface area (Å²) in [6.45, 7) is 2.25. The molecule has 7 nitrogen and oxygen atoms in total. The molecule has 2 rings (SSSR count). The first kappa shape index (κ1) is 19.0. The van der Waals surface area contributed by atoms with Gasteiger partial charge in [-0.3, -0.25) is 15.4 Å². The van der Waals surface area contributed by atoms with Crippen LogP contribution in [0, 0.1) is 5.41 Å². The summed E-state index contributed by atoms with van der Waals surface area (Å²) in [5, 5.41) is 14.9. The van der Waals surface area contributed by atoms with Crippen LogP contribution in [0.3, 0.4) is 0 Å². The molecule has 1 aromatic heterocycles. The van der Waals surface area contributed by atoms with Gasteiger partial charge in [0.15, 0.2) is 5.82 Å². The van der Waals surface area contributed by atoms with Crippen molar-refractivity contribution in [2.45, 2.75) is 19.5 Å². The van der Waals surface area contributed by atoms with E-state index in [-0.39, 0.29) is 31.2 Å². The third kappa shape index (κ3) is 6.22. The molecule has 1 saturated heterocycles. The van der Waals surface area contributed by atoms with E-state index < -0.39 is 12.7 Å². The number of hydrogen-bond donors (Lipinski definition) is 3. The van der Waals surface area contributed by atoms with Crippen molar-refractivity contribution in [2.75, 3.05) is 32.7 Å². The molecule has 0 radical (unpaired) electrons. The normalized spacial score (nSPS) is 17.4. The van der Waals surface area contributed by atoms with Gasteiger partial charge >= 0.3 is 6.18 Å². The summed E-state index contributed by atoms with van der Waals surface area (Å²) in [5.74, 6) is 0.909. The molecule has 0 amide bonds. The van der Waals surface area contributed by atoms with Crippen molar-refractivity contribution >= 4 is 23.6 Å². The highest BCUT2D eigenvalue weighted by Crippen LogP contribution is 2.18. The van der Waals surface area contributed by atoms with Crippen LogP contribution < -0.4 is 5.73 Å². The summed E-state index contributed by atoms with van der Waals surface area (Å²) in [6, 6.07) is 1.73. The van der Waals surface area contributed by atoms with Gasteiger partial charge in [-0.25, -0.2) is 4.99 Å². The first-order valence-corrected chi connectivity index (χ1v) is 7.89. The minimum atomic E-state index is -4.19. The number of nitrogens with zero attached hydrogens (tertiary/aromatic N) is 4. The van der Waals surface area contributed by atoms with Crippen LogP contribution in [-0.4, -0.2) is 70.6 Å². The number of nitrogens with one attached hydrogen (secondary N) is 2. The summed E-state index contributed by atoms with van der Waals surface area (Å²) < 4.78 is 37.1. The van der Waals surface area contributed by atoms with E-state index in [9.17, 15) is 13.2 Å². The fourth-order valence-corrected chi connectivity index (χ4v) is 2.55. The van der Waals surface area contributed by atoms with Gasteiger partial charge in [-0.05, 0) is 13.0 Å². The zero-order valence-electron chi connectivity index (χ0n) is 14.0. The van der Waals surface area contributed by atoms with Gasteiger partial charge in [0.05, 0.1) is 18.7 Å². The maximum Gasteiger partial charge on any atom is 0.401 e. The summed E-state index contributed by atoms with van der Waals surface area (Å²) in [7, 11) is 0. The van der Waals surface area contributed by atoms with Crippen LogP contribution in [0.2, 0.25) is 0 Å². The van der Waals surface area contributed by atoms with Gasteiger partial charge in [0.1, 0.15) is 11.7 Å². The standard InChI is InChI=1S/C15H22F3N7/c1-2-3-11-8-14(23-22-11)21-12(19)9-13(20)25-6-4-24(5-7-25)10-15(16,17)18/h2-3,8,20H,4-7,9-10H2,1H3,(H3,19,21,22,23)/b3-2+,20-13?. The second-order valence-electron chi connectivity index (χ2n) is 5.79. The molecule has 10 heteroatoms. The van der Waals surface area contributed by atoms with Crippen LogP contribution in [0.5, 0.6) is 0 Å². The van der Waals surface area contributed by atoms with E-state index in [1.54, 1.807) is 11.0 Å². The van der Waals surface area contributed by atoms with E-state index >= 15 is 0 Å². The van der Waals surface area contributed by atoms with Crippen LogP contribution in [0.15, 0.2) is 17.1 Å². The van der Waals surface area contributed by atoms with Crippen molar-refractivity contribution < 1.29 is 13.2 Å². The number of alkyl halides is 3. The van der Waals surface area contributed by atoms with Crippen LogP contribution in [0.25, 0.3) is 6.08 Å². The zero-order chi connectivity index (χ0) is 18.4. The van der Waals surface area contributed by atoms with Crippen LogP contribution in [0.4, 0.5) is 19.0 Å². The van der Waals surface area contributed by atoms with Crippen molar-refractivity contribution in [2.24, 2.45) is 10.7 Å². The Morgan fingerprint density at radius 2 is 2.08 bits per heavy atom. The third-order valence-corrected chi connectivity index (χ3v) is 3.69. The maximum absolute atomic E-state index is 12.4. The molecule has 138 valence electrons. The first-order valence-electron chi connectivity index (χ1n) is 7.89. The van der Waals surface area contributed by atoms with E-state index in [0.29, 0.717) is 18.9 Å². The smallest absolute Gasteiger partial charge is 0.387 e. The van der Waals surface area contributed by atoms with Crippen molar-refractivity contribution in [3.05, 3.63) is 17.8 Å². The molecule has 0 unspecified atom stereocenters. The number of aliphatic imine (C=N–C) groups is 1. The van der Waals surface area contributed by atoms with E-state index in [2.05, 4.69) is 15.2 Å². The Hall–Kier alpha value is -2.36. The summed E-state index contributed by atoms with van der Waals surface area (Å²) in [4.78, 5) is 7.22. The molecule has 4 N–H and O–H groups in total. The molecule has 0 bridgehead atoms. The number of amidine groups is 2. The zero-order valence-corrected chi connectivity index (χ0v) is 14.0. The van der Waals surface area contributed by atoms with E-state index in [4.69, 9.17) is 11.1 Å². The number of piperazine rings is 1. The fraction of sp³-hybridized carbons (Fsp3) is 0.533. The van der Waals surface area contributed by atoms with Gasteiger partial charge in [-0.1, -0.05) is 6.08 Å². The van der Waals surface area contributed by atoms with E-state index in [0.717, 1.165) is 5.69 Å². The second-order valence-corrected chi connectivity index (χ2v) is 5.79. The predicted molar refractivity (Wildman–Crippen MR) is 91.0 cm³/mol. The molecule has 0 atom stereocenters. The molecule has 0 aromatic carbocycles. The fourth-order valence-electron chi connectivity index (χ4n) is 2.55. The lowest BCUT2D eigenvalue weighted by atomic mass is 10.2. The van der Waals surface area contributed by atoms with Gasteiger partial charge in [-0.15, -0.1) is 0 Å². The SMILES string of the molecule is C/C=C/c1cc(N=C(N)CC(=N)N2CCN(CC(F)(F)F)CC2)n[nH]1. The topological polar surface area (TPSA) is 97.4 Å².